The lowest BCUT2D eigenvalue weighted by Gasteiger charge is -2.04. The molecule has 0 aliphatic heterocycles. The monoisotopic (exact) mass is 378 g/mol. The summed E-state index contributed by atoms with van der Waals surface area (Å²) in [6, 6.07) is 11.4. The number of hydrogen-bond acceptors (Lipinski definition) is 6. The highest BCUT2D eigenvalue weighted by molar-refractivity contribution is 7.15. The van der Waals surface area contributed by atoms with Crippen molar-refractivity contribution in [3.05, 3.63) is 69.2 Å². The van der Waals surface area contributed by atoms with E-state index in [1.54, 1.807) is 12.4 Å². The van der Waals surface area contributed by atoms with E-state index in [1.807, 2.05) is 42.5 Å². The number of benzene rings is 1. The molecular weight excluding hydrogens is 360 g/mol. The van der Waals surface area contributed by atoms with Crippen LogP contribution in [0.2, 0.25) is 0 Å². The molecule has 0 unspecified atom stereocenters. The van der Waals surface area contributed by atoms with Gasteiger partial charge in [0.15, 0.2) is 5.82 Å². The normalized spacial score (nSPS) is 12.0. The van der Waals surface area contributed by atoms with Crippen LogP contribution in [0.3, 0.4) is 0 Å². The number of unbranched alkanes of at least 4 members (excludes halogenated alkanes) is 1. The number of rotatable bonds is 6. The number of ether oxygens (including phenoxy) is 1. The lowest BCUT2D eigenvalue weighted by molar-refractivity contribution is 0.309. The zero-order valence-electron chi connectivity index (χ0n) is 14.8. The van der Waals surface area contributed by atoms with E-state index in [2.05, 4.69) is 22.0 Å². The van der Waals surface area contributed by atoms with E-state index in [-0.39, 0.29) is 5.56 Å². The predicted octanol–water partition coefficient (Wildman–Crippen LogP) is 2.94. The summed E-state index contributed by atoms with van der Waals surface area (Å²) < 4.78 is 7.61. The van der Waals surface area contributed by atoms with Gasteiger partial charge in [-0.05, 0) is 42.3 Å². The minimum atomic E-state index is -0.166. The van der Waals surface area contributed by atoms with Gasteiger partial charge in [-0.25, -0.2) is 0 Å². The molecule has 6 nitrogen and oxygen atoms in total. The number of fused-ring (bicyclic) bond motifs is 1. The van der Waals surface area contributed by atoms with Crippen molar-refractivity contribution < 1.29 is 4.74 Å². The van der Waals surface area contributed by atoms with Gasteiger partial charge in [0.05, 0.1) is 11.1 Å². The van der Waals surface area contributed by atoms with Crippen molar-refractivity contribution in [2.75, 3.05) is 6.61 Å². The number of nitrogens with zero attached hydrogens (tertiary/aromatic N) is 4. The fourth-order valence-corrected chi connectivity index (χ4v) is 3.50. The molecule has 27 heavy (non-hydrogen) atoms. The van der Waals surface area contributed by atoms with Gasteiger partial charge in [0.25, 0.3) is 5.56 Å². The molecule has 136 valence electrons. The van der Waals surface area contributed by atoms with Crippen LogP contribution >= 0.6 is 11.3 Å². The Morgan fingerprint density at radius 2 is 2.07 bits per heavy atom. The molecule has 0 saturated heterocycles. The maximum atomic E-state index is 12.6. The van der Waals surface area contributed by atoms with E-state index in [4.69, 9.17) is 4.74 Å². The van der Waals surface area contributed by atoms with Crippen LogP contribution in [0, 0.1) is 0 Å². The fraction of sp³-hybridized carbons (Fsp3) is 0.200. The molecule has 0 bridgehead atoms. The first-order valence-electron chi connectivity index (χ1n) is 8.79. The van der Waals surface area contributed by atoms with Crippen molar-refractivity contribution in [3.63, 3.8) is 0 Å². The standard InChI is InChI=1S/C20H18N4O2S/c1-2-3-11-26-16-8-6-14(7-9-16)12-17-19(25)24-20(27-17)22-18(23-24)15-5-4-10-21-13-15/h4-10,12-13H,2-3,11H2,1H3/b17-12+. The molecule has 3 aromatic heterocycles. The summed E-state index contributed by atoms with van der Waals surface area (Å²) in [6.45, 7) is 2.85. The largest absolute Gasteiger partial charge is 0.494 e. The van der Waals surface area contributed by atoms with Crippen molar-refractivity contribution >= 4 is 22.4 Å². The molecule has 0 saturated carbocycles. The number of aromatic nitrogens is 4. The molecule has 1 aromatic carbocycles. The molecule has 4 rings (SSSR count). The summed E-state index contributed by atoms with van der Waals surface area (Å²) in [5, 5.41) is 4.32. The predicted molar refractivity (Wildman–Crippen MR) is 106 cm³/mol. The van der Waals surface area contributed by atoms with E-state index < -0.39 is 0 Å². The Kier molecular flexibility index (Phi) is 4.93. The summed E-state index contributed by atoms with van der Waals surface area (Å²) in [6.07, 6.45) is 7.36. The topological polar surface area (TPSA) is 69.4 Å². The molecule has 3 heterocycles. The first-order chi connectivity index (χ1) is 13.2. The SMILES string of the molecule is CCCCOc1ccc(/C=c2/sc3nc(-c4cccnc4)nn3c2=O)cc1. The Morgan fingerprint density at radius 1 is 1.22 bits per heavy atom. The van der Waals surface area contributed by atoms with Gasteiger partial charge in [0.2, 0.25) is 4.96 Å². The molecular formula is C20H18N4O2S. The Morgan fingerprint density at radius 3 is 2.78 bits per heavy atom. The smallest absolute Gasteiger partial charge is 0.291 e. The summed E-state index contributed by atoms with van der Waals surface area (Å²) >= 11 is 1.32. The van der Waals surface area contributed by atoms with Gasteiger partial charge >= 0.3 is 0 Å². The quantitative estimate of drug-likeness (QED) is 0.483. The molecule has 4 aromatic rings. The van der Waals surface area contributed by atoms with E-state index >= 15 is 0 Å². The van der Waals surface area contributed by atoms with Crippen LogP contribution in [0.1, 0.15) is 25.3 Å². The van der Waals surface area contributed by atoms with Crippen molar-refractivity contribution in [3.8, 4) is 17.1 Å². The number of hydrogen-bond donors (Lipinski definition) is 0. The van der Waals surface area contributed by atoms with E-state index in [9.17, 15) is 4.79 Å². The second-order valence-corrected chi connectivity index (χ2v) is 7.07. The van der Waals surface area contributed by atoms with Gasteiger partial charge in [0, 0.05) is 18.0 Å². The summed E-state index contributed by atoms with van der Waals surface area (Å²) in [5.74, 6) is 1.35. The summed E-state index contributed by atoms with van der Waals surface area (Å²) in [4.78, 5) is 21.7. The summed E-state index contributed by atoms with van der Waals surface area (Å²) in [7, 11) is 0. The molecule has 0 spiro atoms. The number of thiazole rings is 1. The van der Waals surface area contributed by atoms with Crippen LogP contribution in [-0.4, -0.2) is 26.2 Å². The summed E-state index contributed by atoms with van der Waals surface area (Å²) in [5.41, 5.74) is 1.56. The Hall–Kier alpha value is -3.06. The fourth-order valence-electron chi connectivity index (χ4n) is 2.60. The third kappa shape index (κ3) is 3.73. The molecule has 0 aliphatic carbocycles. The third-order valence-electron chi connectivity index (χ3n) is 4.05. The highest BCUT2D eigenvalue weighted by Crippen LogP contribution is 2.15. The Bertz CT molecular complexity index is 1150. The second-order valence-electron chi connectivity index (χ2n) is 6.06. The van der Waals surface area contributed by atoms with Crippen LogP contribution in [-0.2, 0) is 0 Å². The lowest BCUT2D eigenvalue weighted by atomic mass is 10.2. The van der Waals surface area contributed by atoms with Gasteiger partial charge in [-0.2, -0.15) is 9.50 Å². The zero-order chi connectivity index (χ0) is 18.6. The molecule has 0 aliphatic rings. The van der Waals surface area contributed by atoms with Gasteiger partial charge in [0.1, 0.15) is 5.75 Å². The lowest BCUT2D eigenvalue weighted by Crippen LogP contribution is -2.23. The van der Waals surface area contributed by atoms with Crippen LogP contribution < -0.4 is 14.8 Å². The van der Waals surface area contributed by atoms with Gasteiger partial charge in [-0.3, -0.25) is 9.78 Å². The van der Waals surface area contributed by atoms with Gasteiger partial charge in [-0.15, -0.1) is 5.10 Å². The Balaban J connectivity index is 1.61. The first-order valence-corrected chi connectivity index (χ1v) is 9.61. The molecule has 0 atom stereocenters. The molecule has 0 radical (unpaired) electrons. The van der Waals surface area contributed by atoms with Crippen LogP contribution in [0.5, 0.6) is 5.75 Å². The van der Waals surface area contributed by atoms with Crippen LogP contribution in [0.4, 0.5) is 0 Å². The van der Waals surface area contributed by atoms with Crippen molar-refractivity contribution in [2.45, 2.75) is 19.8 Å². The van der Waals surface area contributed by atoms with Gasteiger partial charge in [-0.1, -0.05) is 36.8 Å². The first kappa shape index (κ1) is 17.4. The third-order valence-corrected chi connectivity index (χ3v) is 5.01. The van der Waals surface area contributed by atoms with Gasteiger partial charge < -0.3 is 4.74 Å². The second kappa shape index (κ2) is 7.67. The maximum absolute atomic E-state index is 12.6. The molecule has 7 heteroatoms. The minimum absolute atomic E-state index is 0.166. The molecule has 0 amide bonds. The average molecular weight is 378 g/mol. The molecule has 0 fully saturated rings. The Labute approximate surface area is 159 Å². The molecule has 0 N–H and O–H groups in total. The van der Waals surface area contributed by atoms with Crippen molar-refractivity contribution in [1.82, 2.24) is 19.6 Å². The average Bonchev–Trinajstić information content (AvgIpc) is 3.24. The van der Waals surface area contributed by atoms with Crippen LogP contribution in [0.15, 0.2) is 53.6 Å². The van der Waals surface area contributed by atoms with E-state index in [0.29, 0.717) is 15.3 Å². The minimum Gasteiger partial charge on any atom is -0.494 e. The number of pyridine rings is 1. The maximum Gasteiger partial charge on any atom is 0.291 e. The highest BCUT2D eigenvalue weighted by Gasteiger charge is 2.11. The van der Waals surface area contributed by atoms with E-state index in [0.717, 1.165) is 36.3 Å². The van der Waals surface area contributed by atoms with E-state index in [1.165, 1.54) is 15.9 Å². The van der Waals surface area contributed by atoms with Crippen molar-refractivity contribution in [2.24, 2.45) is 0 Å². The zero-order valence-corrected chi connectivity index (χ0v) is 15.6. The highest BCUT2D eigenvalue weighted by atomic mass is 32.1. The van der Waals surface area contributed by atoms with Crippen LogP contribution in [0.25, 0.3) is 22.4 Å². The van der Waals surface area contributed by atoms with Crippen molar-refractivity contribution in [1.29, 1.82) is 0 Å².